The van der Waals surface area contributed by atoms with Crippen LogP contribution in [0.25, 0.3) is 0 Å². The van der Waals surface area contributed by atoms with Crippen molar-refractivity contribution in [1.29, 1.82) is 0 Å². The number of benzene rings is 3. The number of carbonyl (C=O) groups is 2. The van der Waals surface area contributed by atoms with Gasteiger partial charge in [0.15, 0.2) is 17.6 Å². The second kappa shape index (κ2) is 11.8. The minimum atomic E-state index is -0.953. The Morgan fingerprint density at radius 3 is 2.15 bits per heavy atom. The Hall–Kier alpha value is -4.04. The Labute approximate surface area is 229 Å². The van der Waals surface area contributed by atoms with Crippen LogP contribution in [0.4, 0.5) is 11.4 Å². The van der Waals surface area contributed by atoms with Gasteiger partial charge in [-0.3, -0.25) is 14.4 Å². The maximum absolute atomic E-state index is 13.9. The van der Waals surface area contributed by atoms with Gasteiger partial charge in [0, 0.05) is 0 Å². The Morgan fingerprint density at radius 2 is 1.46 bits per heavy atom. The molecule has 0 aromatic heterocycles. The monoisotopic (exact) mass is 530 g/mol. The first-order valence-electron chi connectivity index (χ1n) is 13.6. The summed E-state index contributed by atoms with van der Waals surface area (Å²) in [6.45, 7) is 7.62. The summed E-state index contributed by atoms with van der Waals surface area (Å²) in [4.78, 5) is 35.1. The van der Waals surface area contributed by atoms with E-state index in [-0.39, 0.29) is 11.8 Å². The SMILES string of the molecule is CCCOc1ccc(N2C(=O)[C@H]3[C@@H](c4ccc(OCCC)c(OCC)c4)N(c4ccccc4)O[C@H]3C2=O)cc1. The number of imide groups is 1. The Kier molecular flexibility index (Phi) is 8.02. The maximum atomic E-state index is 13.9. The van der Waals surface area contributed by atoms with Crippen LogP contribution in [0.3, 0.4) is 0 Å². The minimum absolute atomic E-state index is 0.306. The molecule has 3 atom stereocenters. The standard InChI is InChI=1S/C31H34N2O6/c1-4-18-37-24-15-13-22(14-16-24)32-30(34)27-28(21-12-17-25(38-19-5-2)26(20-21)36-6-3)33(39-29(27)31(32)35)23-10-8-7-9-11-23/h7-17,20,27-29H,4-6,18-19H2,1-3H3/t27-,28+,29+/m0/s1. The largest absolute Gasteiger partial charge is 0.494 e. The Balaban J connectivity index is 1.51. The number of hydrogen-bond acceptors (Lipinski definition) is 7. The van der Waals surface area contributed by atoms with Gasteiger partial charge in [-0.2, -0.15) is 0 Å². The van der Waals surface area contributed by atoms with Crippen molar-refractivity contribution in [3.05, 3.63) is 78.4 Å². The van der Waals surface area contributed by atoms with Gasteiger partial charge in [-0.15, -0.1) is 0 Å². The number of fused-ring (bicyclic) bond motifs is 1. The number of nitrogens with zero attached hydrogens (tertiary/aromatic N) is 2. The molecule has 0 radical (unpaired) electrons. The van der Waals surface area contributed by atoms with Crippen LogP contribution in [0.1, 0.15) is 45.2 Å². The van der Waals surface area contributed by atoms with Gasteiger partial charge in [-0.05, 0) is 73.9 Å². The number of amides is 2. The first-order chi connectivity index (χ1) is 19.1. The molecule has 8 nitrogen and oxygen atoms in total. The molecule has 2 amide bonds. The van der Waals surface area contributed by atoms with Crippen LogP contribution in [-0.4, -0.2) is 37.7 Å². The van der Waals surface area contributed by atoms with E-state index in [1.807, 2.05) is 69.3 Å². The van der Waals surface area contributed by atoms with Crippen LogP contribution in [0, 0.1) is 5.92 Å². The molecule has 2 aliphatic heterocycles. The van der Waals surface area contributed by atoms with Crippen LogP contribution in [0.5, 0.6) is 17.2 Å². The lowest BCUT2D eigenvalue weighted by Gasteiger charge is -2.29. The zero-order valence-corrected chi connectivity index (χ0v) is 22.5. The molecule has 5 rings (SSSR count). The molecule has 8 heteroatoms. The van der Waals surface area contributed by atoms with Crippen molar-refractivity contribution in [2.24, 2.45) is 5.92 Å². The van der Waals surface area contributed by atoms with E-state index in [0.717, 1.165) is 24.1 Å². The molecule has 0 bridgehead atoms. The van der Waals surface area contributed by atoms with Crippen molar-refractivity contribution >= 4 is 23.2 Å². The fraction of sp³-hybridized carbons (Fsp3) is 0.355. The van der Waals surface area contributed by atoms with Crippen molar-refractivity contribution in [1.82, 2.24) is 0 Å². The topological polar surface area (TPSA) is 77.5 Å². The molecule has 3 aromatic rings. The highest BCUT2D eigenvalue weighted by molar-refractivity contribution is 6.23. The molecule has 0 saturated carbocycles. The number of hydrogen-bond donors (Lipinski definition) is 0. The number of ether oxygens (including phenoxy) is 3. The summed E-state index contributed by atoms with van der Waals surface area (Å²) in [6.07, 6.45) is 0.806. The zero-order chi connectivity index (χ0) is 27.4. The number of anilines is 2. The molecule has 0 spiro atoms. The molecule has 2 heterocycles. The highest BCUT2D eigenvalue weighted by Gasteiger charge is 2.60. The highest BCUT2D eigenvalue weighted by atomic mass is 16.7. The van der Waals surface area contributed by atoms with E-state index in [9.17, 15) is 9.59 Å². The van der Waals surface area contributed by atoms with Gasteiger partial charge in [0.05, 0.1) is 37.2 Å². The van der Waals surface area contributed by atoms with E-state index in [1.165, 1.54) is 4.90 Å². The third kappa shape index (κ3) is 5.16. The molecule has 2 saturated heterocycles. The number of para-hydroxylation sites is 1. The van der Waals surface area contributed by atoms with Crippen molar-refractivity contribution < 1.29 is 28.6 Å². The molecule has 0 unspecified atom stereocenters. The lowest BCUT2D eigenvalue weighted by molar-refractivity contribution is -0.126. The molecule has 0 N–H and O–H groups in total. The molecule has 204 valence electrons. The average Bonchev–Trinajstić information content (AvgIpc) is 3.47. The van der Waals surface area contributed by atoms with Gasteiger partial charge >= 0.3 is 0 Å². The molecular weight excluding hydrogens is 496 g/mol. The van der Waals surface area contributed by atoms with Gasteiger partial charge < -0.3 is 14.2 Å². The summed E-state index contributed by atoms with van der Waals surface area (Å²) >= 11 is 0. The van der Waals surface area contributed by atoms with Crippen molar-refractivity contribution in [2.75, 3.05) is 29.8 Å². The second-order valence-electron chi connectivity index (χ2n) is 9.50. The van der Waals surface area contributed by atoms with Gasteiger partial charge in [-0.25, -0.2) is 9.96 Å². The van der Waals surface area contributed by atoms with Gasteiger partial charge in [0.25, 0.3) is 5.91 Å². The van der Waals surface area contributed by atoms with Crippen LogP contribution in [0.15, 0.2) is 72.8 Å². The van der Waals surface area contributed by atoms with Crippen LogP contribution in [-0.2, 0) is 14.4 Å². The second-order valence-corrected chi connectivity index (χ2v) is 9.50. The summed E-state index contributed by atoms with van der Waals surface area (Å²) < 4.78 is 17.5. The van der Waals surface area contributed by atoms with E-state index in [2.05, 4.69) is 0 Å². The van der Waals surface area contributed by atoms with Crippen LogP contribution >= 0.6 is 0 Å². The smallest absolute Gasteiger partial charge is 0.266 e. The number of hydroxylamine groups is 1. The van der Waals surface area contributed by atoms with E-state index in [4.69, 9.17) is 19.0 Å². The molecule has 2 aliphatic rings. The minimum Gasteiger partial charge on any atom is -0.494 e. The molecule has 2 fully saturated rings. The predicted octanol–water partition coefficient (Wildman–Crippen LogP) is 5.71. The third-order valence-electron chi connectivity index (χ3n) is 6.76. The van der Waals surface area contributed by atoms with E-state index < -0.39 is 18.1 Å². The van der Waals surface area contributed by atoms with E-state index >= 15 is 0 Å². The molecule has 0 aliphatic carbocycles. The van der Waals surface area contributed by atoms with E-state index in [1.54, 1.807) is 29.3 Å². The maximum Gasteiger partial charge on any atom is 0.266 e. The Morgan fingerprint density at radius 1 is 0.744 bits per heavy atom. The Bertz CT molecular complexity index is 1300. The molecule has 39 heavy (non-hydrogen) atoms. The number of carbonyl (C=O) groups excluding carboxylic acids is 2. The average molecular weight is 531 g/mol. The highest BCUT2D eigenvalue weighted by Crippen LogP contribution is 2.48. The molecule has 3 aromatic carbocycles. The van der Waals surface area contributed by atoms with Crippen LogP contribution in [0.2, 0.25) is 0 Å². The first-order valence-corrected chi connectivity index (χ1v) is 13.6. The quantitative estimate of drug-likeness (QED) is 0.294. The summed E-state index contributed by atoms with van der Waals surface area (Å²) in [5.74, 6) is 0.494. The van der Waals surface area contributed by atoms with Gasteiger partial charge in [0.1, 0.15) is 11.7 Å². The van der Waals surface area contributed by atoms with Gasteiger partial charge in [0.2, 0.25) is 5.91 Å². The normalized spacial score (nSPS) is 20.3. The first kappa shape index (κ1) is 26.6. The zero-order valence-electron chi connectivity index (χ0n) is 22.5. The summed E-state index contributed by atoms with van der Waals surface area (Å²) in [6, 6.07) is 21.6. The third-order valence-corrected chi connectivity index (χ3v) is 6.76. The lowest BCUT2D eigenvalue weighted by atomic mass is 9.90. The summed E-state index contributed by atoms with van der Waals surface area (Å²) in [7, 11) is 0. The van der Waals surface area contributed by atoms with Crippen molar-refractivity contribution in [2.45, 2.75) is 45.8 Å². The van der Waals surface area contributed by atoms with Gasteiger partial charge in [-0.1, -0.05) is 38.1 Å². The van der Waals surface area contributed by atoms with Crippen LogP contribution < -0.4 is 24.2 Å². The predicted molar refractivity (Wildman–Crippen MR) is 148 cm³/mol. The summed E-state index contributed by atoms with van der Waals surface area (Å²) in [5, 5.41) is 1.68. The van der Waals surface area contributed by atoms with Crippen molar-refractivity contribution in [3.63, 3.8) is 0 Å². The lowest BCUT2D eigenvalue weighted by Crippen LogP contribution is -2.37. The number of rotatable bonds is 11. The fourth-order valence-electron chi connectivity index (χ4n) is 5.03. The van der Waals surface area contributed by atoms with Crippen molar-refractivity contribution in [3.8, 4) is 17.2 Å². The fourth-order valence-corrected chi connectivity index (χ4v) is 5.03. The molecular formula is C31H34N2O6. The van der Waals surface area contributed by atoms with E-state index in [0.29, 0.717) is 42.8 Å². The summed E-state index contributed by atoms with van der Waals surface area (Å²) in [5.41, 5.74) is 2.05.